The molecular formula is C24H28N2O4. The van der Waals surface area contributed by atoms with Crippen molar-refractivity contribution >= 4 is 17.6 Å². The molecule has 1 amide bonds. The van der Waals surface area contributed by atoms with Crippen LogP contribution in [0.5, 0.6) is 5.75 Å². The fourth-order valence-electron chi connectivity index (χ4n) is 3.60. The van der Waals surface area contributed by atoms with Gasteiger partial charge in [0, 0.05) is 25.3 Å². The number of hydrogen-bond acceptors (Lipinski definition) is 5. The number of hydrazone groups is 1. The summed E-state index contributed by atoms with van der Waals surface area (Å²) in [5.41, 5.74) is 2.16. The van der Waals surface area contributed by atoms with E-state index in [4.69, 9.17) is 9.47 Å². The minimum atomic E-state index is -0.714. The van der Waals surface area contributed by atoms with Gasteiger partial charge in [0.1, 0.15) is 17.9 Å². The second kappa shape index (κ2) is 9.57. The zero-order valence-corrected chi connectivity index (χ0v) is 17.8. The van der Waals surface area contributed by atoms with Crippen molar-refractivity contribution in [3.05, 3.63) is 65.7 Å². The van der Waals surface area contributed by atoms with Gasteiger partial charge in [0.2, 0.25) is 5.91 Å². The van der Waals surface area contributed by atoms with Crippen molar-refractivity contribution in [3.63, 3.8) is 0 Å². The second-order valence-corrected chi connectivity index (χ2v) is 7.78. The molecular weight excluding hydrogens is 380 g/mol. The van der Waals surface area contributed by atoms with Crippen LogP contribution in [0.3, 0.4) is 0 Å². The van der Waals surface area contributed by atoms with Crippen LogP contribution in [0.4, 0.5) is 0 Å². The Hall–Kier alpha value is -3.15. The van der Waals surface area contributed by atoms with Crippen LogP contribution in [0, 0.1) is 0 Å². The lowest BCUT2D eigenvalue weighted by Gasteiger charge is -2.32. The number of esters is 1. The van der Waals surface area contributed by atoms with Crippen molar-refractivity contribution in [3.8, 4) is 5.75 Å². The molecule has 0 aliphatic carbocycles. The highest BCUT2D eigenvalue weighted by atomic mass is 16.5. The first-order valence-corrected chi connectivity index (χ1v) is 10.1. The molecule has 158 valence electrons. The molecule has 1 aliphatic rings. The summed E-state index contributed by atoms with van der Waals surface area (Å²) >= 11 is 0. The normalized spacial score (nSPS) is 18.1. The summed E-state index contributed by atoms with van der Waals surface area (Å²) < 4.78 is 10.6. The van der Waals surface area contributed by atoms with Gasteiger partial charge in [-0.25, -0.2) is 5.01 Å². The van der Waals surface area contributed by atoms with Crippen molar-refractivity contribution in [1.82, 2.24) is 5.01 Å². The molecule has 0 radical (unpaired) electrons. The van der Waals surface area contributed by atoms with E-state index in [1.54, 1.807) is 7.11 Å². The first-order chi connectivity index (χ1) is 14.4. The van der Waals surface area contributed by atoms with Crippen LogP contribution in [0.15, 0.2) is 59.7 Å². The Labute approximate surface area is 177 Å². The molecule has 3 rings (SSSR count). The van der Waals surface area contributed by atoms with Crippen LogP contribution < -0.4 is 4.74 Å². The lowest BCUT2D eigenvalue weighted by atomic mass is 9.93. The molecule has 2 aromatic carbocycles. The number of carbonyl (C=O) groups excluding carboxylic acids is 2. The number of methoxy groups -OCH3 is 1. The first-order valence-electron chi connectivity index (χ1n) is 10.1. The Morgan fingerprint density at radius 3 is 2.60 bits per heavy atom. The molecule has 1 unspecified atom stereocenters. The number of nitrogens with zero attached hydrogens (tertiary/aromatic N) is 2. The van der Waals surface area contributed by atoms with Gasteiger partial charge in [0.05, 0.1) is 12.8 Å². The fraction of sp³-hybridized carbons (Fsp3) is 0.375. The fourth-order valence-corrected chi connectivity index (χ4v) is 3.60. The highest BCUT2D eigenvalue weighted by Gasteiger charge is 2.43. The van der Waals surface area contributed by atoms with E-state index in [-0.39, 0.29) is 18.5 Å². The van der Waals surface area contributed by atoms with Gasteiger partial charge in [-0.15, -0.1) is 0 Å². The van der Waals surface area contributed by atoms with Gasteiger partial charge in [0.15, 0.2) is 0 Å². The Balaban J connectivity index is 1.75. The van der Waals surface area contributed by atoms with Gasteiger partial charge in [-0.3, -0.25) is 9.59 Å². The summed E-state index contributed by atoms with van der Waals surface area (Å²) in [6, 6.07) is 17.7. The van der Waals surface area contributed by atoms with Crippen LogP contribution in [-0.4, -0.2) is 41.9 Å². The summed E-state index contributed by atoms with van der Waals surface area (Å²) in [5.74, 6) is 0.283. The maximum atomic E-state index is 13.0. The Morgan fingerprint density at radius 2 is 1.90 bits per heavy atom. The molecule has 1 aliphatic heterocycles. The van der Waals surface area contributed by atoms with Crippen molar-refractivity contribution in [2.45, 2.75) is 45.1 Å². The quantitative estimate of drug-likeness (QED) is 0.620. The smallest absolute Gasteiger partial charge is 0.302 e. The monoisotopic (exact) mass is 408 g/mol. The van der Waals surface area contributed by atoms with E-state index in [1.807, 2.05) is 49.4 Å². The SMILES string of the molecule is COc1cccc(C2=NN(C(=O)CCCc3ccccc3)C(C)(COC(C)=O)C2)c1. The van der Waals surface area contributed by atoms with Gasteiger partial charge in [-0.05, 0) is 37.5 Å². The van der Waals surface area contributed by atoms with Crippen molar-refractivity contribution in [2.24, 2.45) is 5.10 Å². The minimum absolute atomic E-state index is 0.0709. The predicted octanol–water partition coefficient (Wildman–Crippen LogP) is 3.98. The molecule has 6 heteroatoms. The Kier molecular flexibility index (Phi) is 6.87. The van der Waals surface area contributed by atoms with E-state index in [0.717, 1.165) is 29.9 Å². The number of benzene rings is 2. The van der Waals surface area contributed by atoms with E-state index in [0.29, 0.717) is 12.8 Å². The van der Waals surface area contributed by atoms with Crippen molar-refractivity contribution in [1.29, 1.82) is 0 Å². The molecule has 0 aromatic heterocycles. The lowest BCUT2D eigenvalue weighted by Crippen LogP contribution is -2.47. The molecule has 1 atom stereocenters. The Bertz CT molecular complexity index is 926. The van der Waals surface area contributed by atoms with Crippen LogP contribution in [0.25, 0.3) is 0 Å². The molecule has 0 N–H and O–H groups in total. The summed E-state index contributed by atoms with van der Waals surface area (Å²) in [6.45, 7) is 3.37. The zero-order valence-electron chi connectivity index (χ0n) is 17.8. The van der Waals surface area contributed by atoms with Crippen LogP contribution in [-0.2, 0) is 20.7 Å². The summed E-state index contributed by atoms with van der Waals surface area (Å²) in [5, 5.41) is 6.15. The van der Waals surface area contributed by atoms with Crippen molar-refractivity contribution < 1.29 is 19.1 Å². The number of amides is 1. The molecule has 2 aromatic rings. The highest BCUT2D eigenvalue weighted by molar-refractivity contribution is 6.04. The topological polar surface area (TPSA) is 68.2 Å². The largest absolute Gasteiger partial charge is 0.497 e. The van der Waals surface area contributed by atoms with Gasteiger partial charge >= 0.3 is 5.97 Å². The molecule has 0 saturated heterocycles. The summed E-state index contributed by atoms with van der Waals surface area (Å²) in [7, 11) is 1.61. The van der Waals surface area contributed by atoms with Crippen LogP contribution >= 0.6 is 0 Å². The van der Waals surface area contributed by atoms with Gasteiger partial charge < -0.3 is 9.47 Å². The molecule has 6 nitrogen and oxygen atoms in total. The molecule has 0 spiro atoms. The number of carbonyl (C=O) groups is 2. The number of rotatable bonds is 8. The third-order valence-electron chi connectivity index (χ3n) is 5.20. The lowest BCUT2D eigenvalue weighted by molar-refractivity contribution is -0.150. The predicted molar refractivity (Wildman–Crippen MR) is 115 cm³/mol. The summed E-state index contributed by atoms with van der Waals surface area (Å²) in [6.07, 6.45) is 2.43. The maximum Gasteiger partial charge on any atom is 0.302 e. The van der Waals surface area contributed by atoms with E-state index in [2.05, 4.69) is 17.2 Å². The number of ether oxygens (including phenoxy) is 2. The number of aryl methyl sites for hydroxylation is 1. The average Bonchev–Trinajstić information content (AvgIpc) is 3.11. The van der Waals surface area contributed by atoms with E-state index < -0.39 is 5.54 Å². The molecule has 0 bridgehead atoms. The standard InChI is InChI=1S/C24H28N2O4/c1-18(27)30-17-24(2)16-22(20-12-8-13-21(15-20)29-3)25-26(24)23(28)14-7-11-19-9-5-4-6-10-19/h4-6,8-10,12-13,15H,7,11,14,16-17H2,1-3H3. The van der Waals surface area contributed by atoms with E-state index in [1.165, 1.54) is 17.5 Å². The zero-order chi connectivity index (χ0) is 21.6. The second-order valence-electron chi connectivity index (χ2n) is 7.78. The van der Waals surface area contributed by atoms with Gasteiger partial charge in [0.25, 0.3) is 0 Å². The van der Waals surface area contributed by atoms with Gasteiger partial charge in [-0.2, -0.15) is 5.10 Å². The molecule has 0 fully saturated rings. The van der Waals surface area contributed by atoms with E-state index in [9.17, 15) is 9.59 Å². The highest BCUT2D eigenvalue weighted by Crippen LogP contribution is 2.32. The Morgan fingerprint density at radius 1 is 1.13 bits per heavy atom. The minimum Gasteiger partial charge on any atom is -0.497 e. The maximum absolute atomic E-state index is 13.0. The number of hydrogen-bond donors (Lipinski definition) is 0. The average molecular weight is 408 g/mol. The van der Waals surface area contributed by atoms with E-state index >= 15 is 0 Å². The van der Waals surface area contributed by atoms with Crippen molar-refractivity contribution in [2.75, 3.05) is 13.7 Å². The van der Waals surface area contributed by atoms with Gasteiger partial charge in [-0.1, -0.05) is 42.5 Å². The molecule has 0 saturated carbocycles. The van der Waals surface area contributed by atoms with Crippen LogP contribution in [0.1, 0.15) is 44.2 Å². The third-order valence-corrected chi connectivity index (χ3v) is 5.20. The first kappa shape index (κ1) is 21.6. The molecule has 1 heterocycles. The van der Waals surface area contributed by atoms with Crippen LogP contribution in [0.2, 0.25) is 0 Å². The molecule has 30 heavy (non-hydrogen) atoms. The third kappa shape index (κ3) is 5.26. The summed E-state index contributed by atoms with van der Waals surface area (Å²) in [4.78, 5) is 24.5.